The zero-order valence-corrected chi connectivity index (χ0v) is 13.5. The summed E-state index contributed by atoms with van der Waals surface area (Å²) in [4.78, 5) is 14.0. The van der Waals surface area contributed by atoms with Gasteiger partial charge in [-0.15, -0.1) is 0 Å². The van der Waals surface area contributed by atoms with Gasteiger partial charge < -0.3 is 15.5 Å². The maximum absolute atomic E-state index is 13.0. The molecule has 4 nitrogen and oxygen atoms in total. The highest BCUT2D eigenvalue weighted by Gasteiger charge is 2.37. The van der Waals surface area contributed by atoms with Crippen LogP contribution in [0.3, 0.4) is 0 Å². The van der Waals surface area contributed by atoms with E-state index in [-0.39, 0.29) is 5.69 Å². The molecule has 0 saturated carbocycles. The zero-order valence-electron chi connectivity index (χ0n) is 13.5. The van der Waals surface area contributed by atoms with E-state index in [4.69, 9.17) is 0 Å². The number of nitrogens with zero attached hydrogens (tertiary/aromatic N) is 1. The molecule has 0 bridgehead atoms. The van der Waals surface area contributed by atoms with Crippen LogP contribution in [0.25, 0.3) is 0 Å². The van der Waals surface area contributed by atoms with E-state index in [1.54, 1.807) is 4.90 Å². The Hall–Kier alpha value is -1.76. The van der Waals surface area contributed by atoms with Crippen LogP contribution in [0.2, 0.25) is 0 Å². The van der Waals surface area contributed by atoms with E-state index in [0.717, 1.165) is 44.8 Å². The van der Waals surface area contributed by atoms with E-state index in [0.29, 0.717) is 18.5 Å². The lowest BCUT2D eigenvalue weighted by molar-refractivity contribution is -0.136. The van der Waals surface area contributed by atoms with Crippen molar-refractivity contribution in [2.75, 3.05) is 31.5 Å². The van der Waals surface area contributed by atoms with Gasteiger partial charge in [-0.05, 0) is 56.3 Å². The normalized spacial score (nSPS) is 20.9. The van der Waals surface area contributed by atoms with Crippen LogP contribution in [-0.4, -0.2) is 37.1 Å². The molecule has 2 fully saturated rings. The quantitative estimate of drug-likeness (QED) is 0.818. The van der Waals surface area contributed by atoms with Crippen molar-refractivity contribution < 1.29 is 18.0 Å². The van der Waals surface area contributed by atoms with Gasteiger partial charge in [0.1, 0.15) is 0 Å². The molecule has 2 amide bonds. The smallest absolute Gasteiger partial charge is 0.324 e. The van der Waals surface area contributed by atoms with Crippen LogP contribution in [0.15, 0.2) is 24.3 Å². The summed E-state index contributed by atoms with van der Waals surface area (Å²) in [6.45, 7) is 3.20. The maximum Gasteiger partial charge on any atom is 0.418 e. The molecule has 0 atom stereocenters. The van der Waals surface area contributed by atoms with Gasteiger partial charge >= 0.3 is 12.2 Å². The molecule has 1 spiro atoms. The number of rotatable bonds is 1. The fraction of sp³-hybridized carbons (Fsp3) is 0.588. The number of anilines is 1. The number of likely N-dealkylation sites (tertiary alicyclic amines) is 1. The van der Waals surface area contributed by atoms with Crippen molar-refractivity contribution in [3.05, 3.63) is 29.8 Å². The predicted molar refractivity (Wildman–Crippen MR) is 85.8 cm³/mol. The van der Waals surface area contributed by atoms with Crippen LogP contribution in [0.4, 0.5) is 23.7 Å². The average Bonchev–Trinajstić information content (AvgIpc) is 2.56. The molecule has 24 heavy (non-hydrogen) atoms. The first-order chi connectivity index (χ1) is 11.4. The highest BCUT2D eigenvalue weighted by molar-refractivity contribution is 5.90. The summed E-state index contributed by atoms with van der Waals surface area (Å²) in [5.74, 6) is 0. The third kappa shape index (κ3) is 3.66. The van der Waals surface area contributed by atoms with Crippen molar-refractivity contribution in [1.82, 2.24) is 10.2 Å². The van der Waals surface area contributed by atoms with E-state index >= 15 is 0 Å². The molecule has 2 saturated heterocycles. The molecule has 2 heterocycles. The number of hydrogen-bond donors (Lipinski definition) is 2. The van der Waals surface area contributed by atoms with E-state index in [2.05, 4.69) is 10.6 Å². The van der Waals surface area contributed by atoms with Crippen LogP contribution in [-0.2, 0) is 6.18 Å². The van der Waals surface area contributed by atoms with Crippen molar-refractivity contribution >= 4 is 11.7 Å². The molecule has 3 rings (SSSR count). The number of nitrogens with one attached hydrogen (secondary N) is 2. The highest BCUT2D eigenvalue weighted by Crippen LogP contribution is 2.40. The lowest BCUT2D eigenvalue weighted by atomic mass is 9.72. The number of para-hydroxylation sites is 1. The number of carbonyl (C=O) groups excluding carboxylic acids is 1. The summed E-state index contributed by atoms with van der Waals surface area (Å²) in [6.07, 6.45) is -0.421. The first-order valence-corrected chi connectivity index (χ1v) is 8.33. The molecule has 1 aromatic rings. The van der Waals surface area contributed by atoms with E-state index in [1.165, 1.54) is 18.2 Å². The van der Waals surface area contributed by atoms with Crippen molar-refractivity contribution in [1.29, 1.82) is 0 Å². The molecule has 0 aromatic heterocycles. The monoisotopic (exact) mass is 341 g/mol. The Balaban J connectivity index is 1.63. The lowest BCUT2D eigenvalue weighted by Crippen LogP contribution is -2.48. The number of benzene rings is 1. The van der Waals surface area contributed by atoms with Gasteiger partial charge in [-0.25, -0.2) is 4.79 Å². The fourth-order valence-corrected chi connectivity index (χ4v) is 3.67. The van der Waals surface area contributed by atoms with Gasteiger partial charge in [-0.3, -0.25) is 0 Å². The summed E-state index contributed by atoms with van der Waals surface area (Å²) < 4.78 is 39.0. The molecular formula is C17H22F3N3O. The molecular weight excluding hydrogens is 319 g/mol. The topological polar surface area (TPSA) is 44.4 Å². The van der Waals surface area contributed by atoms with E-state index in [9.17, 15) is 18.0 Å². The van der Waals surface area contributed by atoms with E-state index < -0.39 is 17.8 Å². The Morgan fingerprint density at radius 3 is 2.33 bits per heavy atom. The Morgan fingerprint density at radius 1 is 1.08 bits per heavy atom. The standard InChI is InChI=1S/C17H22F3N3O/c18-17(19,20)13-3-1-2-4-14(13)22-15(24)23-11-7-16(8-12-23)5-9-21-10-6-16/h1-4,21H,5-12H2,(H,22,24). The van der Waals surface area contributed by atoms with Crippen LogP contribution in [0.1, 0.15) is 31.2 Å². The predicted octanol–water partition coefficient (Wildman–Crippen LogP) is 3.70. The molecule has 2 aliphatic heterocycles. The number of carbonyl (C=O) groups is 1. The van der Waals surface area contributed by atoms with Gasteiger partial charge in [0.05, 0.1) is 11.3 Å². The fourth-order valence-electron chi connectivity index (χ4n) is 3.67. The molecule has 0 aliphatic carbocycles. The van der Waals surface area contributed by atoms with Crippen molar-refractivity contribution in [3.63, 3.8) is 0 Å². The van der Waals surface area contributed by atoms with Crippen LogP contribution >= 0.6 is 0 Å². The van der Waals surface area contributed by atoms with Gasteiger partial charge in [-0.2, -0.15) is 13.2 Å². The molecule has 0 unspecified atom stereocenters. The van der Waals surface area contributed by atoms with Crippen LogP contribution in [0.5, 0.6) is 0 Å². The molecule has 0 radical (unpaired) electrons. The Bertz CT molecular complexity index is 587. The van der Waals surface area contributed by atoms with E-state index in [1.807, 2.05) is 0 Å². The second-order valence-electron chi connectivity index (χ2n) is 6.71. The first-order valence-electron chi connectivity index (χ1n) is 8.33. The minimum Gasteiger partial charge on any atom is -0.324 e. The van der Waals surface area contributed by atoms with Crippen molar-refractivity contribution in [2.45, 2.75) is 31.9 Å². The van der Waals surface area contributed by atoms with Gasteiger partial charge in [0.15, 0.2) is 0 Å². The number of halogens is 3. The average molecular weight is 341 g/mol. The molecule has 2 N–H and O–H groups in total. The largest absolute Gasteiger partial charge is 0.418 e. The number of amides is 2. The van der Waals surface area contributed by atoms with Gasteiger partial charge in [-0.1, -0.05) is 12.1 Å². The van der Waals surface area contributed by atoms with Gasteiger partial charge in [0.25, 0.3) is 0 Å². The van der Waals surface area contributed by atoms with Crippen molar-refractivity contribution in [3.8, 4) is 0 Å². The molecule has 1 aromatic carbocycles. The van der Waals surface area contributed by atoms with Gasteiger partial charge in [0.2, 0.25) is 0 Å². The number of urea groups is 1. The second kappa shape index (κ2) is 6.63. The van der Waals surface area contributed by atoms with Crippen LogP contribution in [0, 0.1) is 5.41 Å². The summed E-state index contributed by atoms with van der Waals surface area (Å²) in [5.41, 5.74) is -0.700. The van der Waals surface area contributed by atoms with Crippen molar-refractivity contribution in [2.24, 2.45) is 5.41 Å². The maximum atomic E-state index is 13.0. The molecule has 132 valence electrons. The Morgan fingerprint density at radius 2 is 1.71 bits per heavy atom. The SMILES string of the molecule is O=C(Nc1ccccc1C(F)(F)F)N1CCC2(CCNCC2)CC1. The summed E-state index contributed by atoms with van der Waals surface area (Å²) in [5, 5.41) is 5.78. The lowest BCUT2D eigenvalue weighted by Gasteiger charge is -2.44. The van der Waals surface area contributed by atoms with Crippen LogP contribution < -0.4 is 10.6 Å². The third-order valence-electron chi connectivity index (χ3n) is 5.25. The first kappa shape index (κ1) is 17.1. The zero-order chi connectivity index (χ0) is 17.2. The minimum absolute atomic E-state index is 0.183. The number of alkyl halides is 3. The summed E-state index contributed by atoms with van der Waals surface area (Å²) in [7, 11) is 0. The molecule has 7 heteroatoms. The summed E-state index contributed by atoms with van der Waals surface area (Å²) >= 11 is 0. The Labute approximate surface area is 139 Å². The summed E-state index contributed by atoms with van der Waals surface area (Å²) in [6, 6.07) is 4.63. The highest BCUT2D eigenvalue weighted by atomic mass is 19.4. The second-order valence-corrected chi connectivity index (χ2v) is 6.71. The number of piperidine rings is 2. The molecule has 2 aliphatic rings. The van der Waals surface area contributed by atoms with Gasteiger partial charge in [0, 0.05) is 13.1 Å². The number of hydrogen-bond acceptors (Lipinski definition) is 2. The Kier molecular flexibility index (Phi) is 4.71. The minimum atomic E-state index is -4.48. The third-order valence-corrected chi connectivity index (χ3v) is 5.25.